The summed E-state index contributed by atoms with van der Waals surface area (Å²) < 4.78 is 0. The number of hydrogen-bond donors (Lipinski definition) is 2. The van der Waals surface area contributed by atoms with Crippen molar-refractivity contribution < 1.29 is 9.59 Å². The van der Waals surface area contributed by atoms with Gasteiger partial charge in [0.1, 0.15) is 0 Å². The number of nitrogens with one attached hydrogen (secondary N) is 2. The molecule has 20 heavy (non-hydrogen) atoms. The molecule has 2 fully saturated rings. The van der Waals surface area contributed by atoms with Crippen LogP contribution in [0, 0.1) is 0 Å². The average molecular weight is 282 g/mol. The molecule has 2 saturated heterocycles. The van der Waals surface area contributed by atoms with Crippen LogP contribution in [0.2, 0.25) is 0 Å². The first kappa shape index (κ1) is 15.3. The zero-order valence-corrected chi connectivity index (χ0v) is 12.4. The molecule has 0 saturated carbocycles. The van der Waals surface area contributed by atoms with Crippen molar-refractivity contribution in [3.63, 3.8) is 0 Å². The summed E-state index contributed by atoms with van der Waals surface area (Å²) in [5.41, 5.74) is 0. The molecule has 2 amide bonds. The van der Waals surface area contributed by atoms with E-state index in [4.69, 9.17) is 0 Å². The minimum Gasteiger partial charge on any atom is -0.358 e. The summed E-state index contributed by atoms with van der Waals surface area (Å²) in [6, 6.07) is 0.00277. The Morgan fingerprint density at radius 3 is 2.60 bits per heavy atom. The second kappa shape index (κ2) is 7.59. The van der Waals surface area contributed by atoms with Crippen LogP contribution < -0.4 is 10.6 Å². The highest BCUT2D eigenvalue weighted by molar-refractivity contribution is 5.82. The van der Waals surface area contributed by atoms with Gasteiger partial charge in [0.05, 0.1) is 12.6 Å². The van der Waals surface area contributed by atoms with Crippen molar-refractivity contribution in [3.05, 3.63) is 0 Å². The van der Waals surface area contributed by atoms with E-state index in [1.54, 1.807) is 7.05 Å². The molecule has 0 aromatic rings. The van der Waals surface area contributed by atoms with Gasteiger partial charge in [-0.3, -0.25) is 14.5 Å². The third-order valence-corrected chi connectivity index (χ3v) is 4.19. The monoisotopic (exact) mass is 282 g/mol. The molecular formula is C14H26N4O2. The molecule has 0 spiro atoms. The lowest BCUT2D eigenvalue weighted by molar-refractivity contribution is -0.135. The molecule has 2 aliphatic heterocycles. The quantitative estimate of drug-likeness (QED) is 0.726. The SMILES string of the molecule is CNC(=O)CN1CCN(C(=O)C2CCCCCN2)CC1. The molecule has 1 unspecified atom stereocenters. The molecule has 0 aromatic carbocycles. The molecule has 2 aliphatic rings. The second-order valence-corrected chi connectivity index (χ2v) is 5.63. The summed E-state index contributed by atoms with van der Waals surface area (Å²) in [5, 5.41) is 6.00. The summed E-state index contributed by atoms with van der Waals surface area (Å²) in [5.74, 6) is 0.279. The number of likely N-dealkylation sites (N-methyl/N-ethyl adjacent to an activating group) is 1. The molecule has 2 N–H and O–H groups in total. The third kappa shape index (κ3) is 4.18. The standard InChI is InChI=1S/C14H26N4O2/c1-15-13(19)11-17-7-9-18(10-8-17)14(20)12-5-3-2-4-6-16-12/h12,16H,2-11H2,1H3,(H,15,19). The first-order valence-electron chi connectivity index (χ1n) is 7.66. The molecule has 6 heteroatoms. The Bertz CT molecular complexity index is 332. The van der Waals surface area contributed by atoms with Gasteiger partial charge in [0.2, 0.25) is 11.8 Å². The van der Waals surface area contributed by atoms with Gasteiger partial charge in [-0.25, -0.2) is 0 Å². The van der Waals surface area contributed by atoms with E-state index in [1.807, 2.05) is 4.90 Å². The highest BCUT2D eigenvalue weighted by atomic mass is 16.2. The van der Waals surface area contributed by atoms with Crippen LogP contribution in [0.5, 0.6) is 0 Å². The van der Waals surface area contributed by atoms with Crippen molar-refractivity contribution in [2.75, 3.05) is 46.3 Å². The van der Waals surface area contributed by atoms with Crippen LogP contribution >= 0.6 is 0 Å². The molecule has 0 aromatic heterocycles. The van der Waals surface area contributed by atoms with Crippen LogP contribution in [0.1, 0.15) is 25.7 Å². The molecule has 6 nitrogen and oxygen atoms in total. The summed E-state index contributed by atoms with van der Waals surface area (Å²) in [7, 11) is 1.65. The molecule has 0 radical (unpaired) electrons. The maximum Gasteiger partial charge on any atom is 0.239 e. The van der Waals surface area contributed by atoms with E-state index in [0.29, 0.717) is 6.54 Å². The fourth-order valence-corrected chi connectivity index (χ4v) is 2.87. The second-order valence-electron chi connectivity index (χ2n) is 5.63. The molecule has 0 bridgehead atoms. The van der Waals surface area contributed by atoms with Crippen molar-refractivity contribution in [3.8, 4) is 0 Å². The normalized spacial score (nSPS) is 25.1. The van der Waals surface area contributed by atoms with Crippen molar-refractivity contribution in [1.29, 1.82) is 0 Å². The number of carbonyl (C=O) groups excluding carboxylic acids is 2. The van der Waals surface area contributed by atoms with E-state index in [9.17, 15) is 9.59 Å². The van der Waals surface area contributed by atoms with Gasteiger partial charge < -0.3 is 15.5 Å². The van der Waals surface area contributed by atoms with E-state index < -0.39 is 0 Å². The smallest absolute Gasteiger partial charge is 0.239 e. The predicted octanol–water partition coefficient (Wildman–Crippen LogP) is -0.591. The van der Waals surface area contributed by atoms with Crippen LogP contribution in [0.25, 0.3) is 0 Å². The van der Waals surface area contributed by atoms with Gasteiger partial charge in [-0.2, -0.15) is 0 Å². The van der Waals surface area contributed by atoms with Gasteiger partial charge in [-0.1, -0.05) is 12.8 Å². The fraction of sp³-hybridized carbons (Fsp3) is 0.857. The van der Waals surface area contributed by atoms with E-state index >= 15 is 0 Å². The molecule has 114 valence electrons. The summed E-state index contributed by atoms with van der Waals surface area (Å²) in [6.07, 6.45) is 4.48. The van der Waals surface area contributed by atoms with Gasteiger partial charge in [0.15, 0.2) is 0 Å². The zero-order chi connectivity index (χ0) is 14.4. The van der Waals surface area contributed by atoms with Crippen molar-refractivity contribution in [2.45, 2.75) is 31.7 Å². The third-order valence-electron chi connectivity index (χ3n) is 4.19. The number of carbonyl (C=O) groups is 2. The Morgan fingerprint density at radius 1 is 1.15 bits per heavy atom. The Labute approximate surface area is 120 Å². The summed E-state index contributed by atoms with van der Waals surface area (Å²) >= 11 is 0. The first-order chi connectivity index (χ1) is 9.70. The molecule has 1 atom stereocenters. The van der Waals surface area contributed by atoms with Crippen molar-refractivity contribution in [1.82, 2.24) is 20.4 Å². The number of rotatable bonds is 3. The largest absolute Gasteiger partial charge is 0.358 e. The Kier molecular flexibility index (Phi) is 5.79. The number of amides is 2. The lowest BCUT2D eigenvalue weighted by atomic mass is 10.1. The number of piperazine rings is 1. The van der Waals surface area contributed by atoms with Crippen molar-refractivity contribution in [2.24, 2.45) is 0 Å². The van der Waals surface area contributed by atoms with E-state index in [0.717, 1.165) is 45.6 Å². The van der Waals surface area contributed by atoms with E-state index in [2.05, 4.69) is 15.5 Å². The Balaban J connectivity index is 1.77. The minimum atomic E-state index is 0.00277. The molecule has 2 rings (SSSR count). The van der Waals surface area contributed by atoms with Crippen LogP contribution in [0.3, 0.4) is 0 Å². The molecule has 0 aliphatic carbocycles. The number of hydrogen-bond acceptors (Lipinski definition) is 4. The molecular weight excluding hydrogens is 256 g/mol. The summed E-state index contributed by atoms with van der Waals surface area (Å²) in [6.45, 7) is 4.41. The topological polar surface area (TPSA) is 64.7 Å². The Hall–Kier alpha value is -1.14. The van der Waals surface area contributed by atoms with Gasteiger partial charge in [0.25, 0.3) is 0 Å². The Morgan fingerprint density at radius 2 is 1.90 bits per heavy atom. The van der Waals surface area contributed by atoms with Crippen LogP contribution in [-0.2, 0) is 9.59 Å². The van der Waals surface area contributed by atoms with E-state index in [-0.39, 0.29) is 17.9 Å². The lowest BCUT2D eigenvalue weighted by Gasteiger charge is -2.36. The van der Waals surface area contributed by atoms with Crippen LogP contribution in [0.15, 0.2) is 0 Å². The maximum absolute atomic E-state index is 12.5. The highest BCUT2D eigenvalue weighted by Gasteiger charge is 2.27. The van der Waals surface area contributed by atoms with Crippen molar-refractivity contribution >= 4 is 11.8 Å². The lowest BCUT2D eigenvalue weighted by Crippen LogP contribution is -2.55. The minimum absolute atomic E-state index is 0.00277. The number of nitrogens with zero attached hydrogens (tertiary/aromatic N) is 2. The van der Waals surface area contributed by atoms with Gasteiger partial charge >= 0.3 is 0 Å². The van der Waals surface area contributed by atoms with Crippen LogP contribution in [0.4, 0.5) is 0 Å². The van der Waals surface area contributed by atoms with Crippen LogP contribution in [-0.4, -0.2) is 74.0 Å². The van der Waals surface area contributed by atoms with Gasteiger partial charge in [0, 0.05) is 33.2 Å². The predicted molar refractivity (Wildman–Crippen MR) is 77.3 cm³/mol. The van der Waals surface area contributed by atoms with Gasteiger partial charge in [-0.05, 0) is 19.4 Å². The first-order valence-corrected chi connectivity index (χ1v) is 7.66. The molecule has 2 heterocycles. The van der Waals surface area contributed by atoms with E-state index in [1.165, 1.54) is 12.8 Å². The van der Waals surface area contributed by atoms with Gasteiger partial charge in [-0.15, -0.1) is 0 Å². The zero-order valence-electron chi connectivity index (χ0n) is 12.4. The highest BCUT2D eigenvalue weighted by Crippen LogP contribution is 2.12. The average Bonchev–Trinajstić information content (AvgIpc) is 2.76. The summed E-state index contributed by atoms with van der Waals surface area (Å²) in [4.78, 5) is 27.8. The maximum atomic E-state index is 12.5. The fourth-order valence-electron chi connectivity index (χ4n) is 2.87.